The molecular weight excluding hydrogens is 390 g/mol. The Balaban J connectivity index is 1.56. The minimum atomic E-state index is -1.97. The topological polar surface area (TPSA) is 129 Å². The number of anilines is 2. The molecule has 0 bridgehead atoms. The highest BCUT2D eigenvalue weighted by Crippen LogP contribution is 2.31. The SMILES string of the molecule is O=S(O)NCCCc1ccnc(Nc2ccccc2-c2ncnc3nc[nH]c23)c1. The normalized spacial score (nSPS) is 12.2. The lowest BCUT2D eigenvalue weighted by molar-refractivity contribution is 0.547. The van der Waals surface area contributed by atoms with Crippen LogP contribution < -0.4 is 10.0 Å². The summed E-state index contributed by atoms with van der Waals surface area (Å²) in [7, 11) is 0. The van der Waals surface area contributed by atoms with Gasteiger partial charge in [-0.3, -0.25) is 4.55 Å². The number of hydrogen-bond acceptors (Lipinski definition) is 6. The summed E-state index contributed by atoms with van der Waals surface area (Å²) in [4.78, 5) is 20.3. The first kappa shape index (κ1) is 19.1. The molecule has 1 unspecified atom stereocenters. The molecule has 0 aliphatic heterocycles. The molecule has 0 fully saturated rings. The van der Waals surface area contributed by atoms with Crippen molar-refractivity contribution in [2.24, 2.45) is 0 Å². The van der Waals surface area contributed by atoms with E-state index >= 15 is 0 Å². The van der Waals surface area contributed by atoms with Crippen LogP contribution in [0.5, 0.6) is 0 Å². The maximum atomic E-state index is 10.6. The smallest absolute Gasteiger partial charge is 0.231 e. The van der Waals surface area contributed by atoms with Crippen LogP contribution in [0.3, 0.4) is 0 Å². The molecule has 1 aromatic carbocycles. The van der Waals surface area contributed by atoms with E-state index in [0.29, 0.717) is 18.0 Å². The predicted molar refractivity (Wildman–Crippen MR) is 112 cm³/mol. The van der Waals surface area contributed by atoms with Gasteiger partial charge in [0.25, 0.3) is 0 Å². The van der Waals surface area contributed by atoms with E-state index in [-0.39, 0.29) is 0 Å². The number of aromatic amines is 1. The van der Waals surface area contributed by atoms with Gasteiger partial charge in [-0.1, -0.05) is 18.2 Å². The molecule has 0 radical (unpaired) electrons. The molecule has 0 spiro atoms. The number of nitrogens with zero attached hydrogens (tertiary/aromatic N) is 4. The standard InChI is InChI=1S/C19H19N7O2S/c27-29(28)25-8-3-4-13-7-9-20-16(10-13)26-15-6-2-1-5-14(15)17-18-19(23-11-21-17)24-12-22-18/h1-2,5-7,9-12,25H,3-4,8H2,(H,20,26)(H,27,28)(H,21,22,23,24). The van der Waals surface area contributed by atoms with Crippen molar-refractivity contribution < 1.29 is 8.76 Å². The number of imidazole rings is 1. The zero-order chi connectivity index (χ0) is 20.1. The third kappa shape index (κ3) is 4.62. The average Bonchev–Trinajstić information content (AvgIpc) is 3.21. The Morgan fingerprint density at radius 3 is 2.90 bits per heavy atom. The van der Waals surface area contributed by atoms with Gasteiger partial charge in [0.2, 0.25) is 11.3 Å². The minimum Gasteiger partial charge on any atom is -0.341 e. The maximum Gasteiger partial charge on any atom is 0.231 e. The number of H-pyrrole nitrogens is 1. The third-order valence-electron chi connectivity index (χ3n) is 4.36. The molecule has 29 heavy (non-hydrogen) atoms. The molecule has 4 N–H and O–H groups in total. The van der Waals surface area contributed by atoms with Gasteiger partial charge < -0.3 is 10.3 Å². The summed E-state index contributed by atoms with van der Waals surface area (Å²) in [5, 5.41) is 3.37. The highest BCUT2D eigenvalue weighted by Gasteiger charge is 2.12. The summed E-state index contributed by atoms with van der Waals surface area (Å²) in [6.45, 7) is 0.463. The van der Waals surface area contributed by atoms with E-state index in [1.165, 1.54) is 6.33 Å². The average molecular weight is 409 g/mol. The van der Waals surface area contributed by atoms with Crippen molar-refractivity contribution in [3.05, 3.63) is 60.8 Å². The van der Waals surface area contributed by atoms with E-state index in [0.717, 1.165) is 40.9 Å². The summed E-state index contributed by atoms with van der Waals surface area (Å²) in [5.74, 6) is 0.712. The molecule has 0 aliphatic rings. The fraction of sp³-hybridized carbons (Fsp3) is 0.158. The zero-order valence-electron chi connectivity index (χ0n) is 15.4. The first-order valence-electron chi connectivity index (χ1n) is 9.00. The van der Waals surface area contributed by atoms with Crippen LogP contribution in [0.15, 0.2) is 55.2 Å². The van der Waals surface area contributed by atoms with E-state index in [1.807, 2.05) is 36.4 Å². The van der Waals surface area contributed by atoms with Crippen LogP contribution in [0.2, 0.25) is 0 Å². The number of para-hydroxylation sites is 1. The largest absolute Gasteiger partial charge is 0.341 e. The fourth-order valence-corrected chi connectivity index (χ4v) is 3.37. The van der Waals surface area contributed by atoms with Crippen molar-refractivity contribution >= 4 is 33.9 Å². The molecule has 3 aromatic heterocycles. The van der Waals surface area contributed by atoms with Crippen molar-refractivity contribution in [1.29, 1.82) is 0 Å². The van der Waals surface area contributed by atoms with Gasteiger partial charge in [0.1, 0.15) is 23.4 Å². The van der Waals surface area contributed by atoms with Gasteiger partial charge in [-0.05, 0) is 36.6 Å². The highest BCUT2D eigenvalue weighted by atomic mass is 32.2. The molecule has 148 valence electrons. The fourth-order valence-electron chi connectivity index (χ4n) is 3.06. The second kappa shape index (κ2) is 8.86. The maximum absolute atomic E-state index is 10.6. The van der Waals surface area contributed by atoms with Gasteiger partial charge in [-0.15, -0.1) is 0 Å². The van der Waals surface area contributed by atoms with Gasteiger partial charge in [-0.25, -0.2) is 28.9 Å². The van der Waals surface area contributed by atoms with E-state index in [1.54, 1.807) is 12.5 Å². The van der Waals surface area contributed by atoms with E-state index in [4.69, 9.17) is 4.55 Å². The highest BCUT2D eigenvalue weighted by molar-refractivity contribution is 7.77. The van der Waals surface area contributed by atoms with E-state index in [2.05, 4.69) is 35.0 Å². The van der Waals surface area contributed by atoms with Gasteiger partial charge in [0.15, 0.2) is 5.65 Å². The Morgan fingerprint density at radius 2 is 2.00 bits per heavy atom. The number of nitrogens with one attached hydrogen (secondary N) is 3. The lowest BCUT2D eigenvalue weighted by atomic mass is 10.1. The molecule has 0 amide bonds. The van der Waals surface area contributed by atoms with Crippen molar-refractivity contribution in [3.8, 4) is 11.3 Å². The van der Waals surface area contributed by atoms with E-state index in [9.17, 15) is 4.21 Å². The van der Waals surface area contributed by atoms with E-state index < -0.39 is 11.3 Å². The predicted octanol–water partition coefficient (Wildman–Crippen LogP) is 2.82. The monoisotopic (exact) mass is 409 g/mol. The Bertz CT molecular complexity index is 1150. The minimum absolute atomic E-state index is 0.463. The van der Waals surface area contributed by atoms with Crippen molar-refractivity contribution in [3.63, 3.8) is 0 Å². The van der Waals surface area contributed by atoms with Crippen LogP contribution in [-0.2, 0) is 17.7 Å². The summed E-state index contributed by atoms with van der Waals surface area (Å²) >= 11 is -1.97. The molecule has 0 aliphatic carbocycles. The Labute approximate surface area is 169 Å². The number of rotatable bonds is 8. The Hall–Kier alpha value is -3.21. The second-order valence-electron chi connectivity index (χ2n) is 6.29. The number of fused-ring (bicyclic) bond motifs is 1. The van der Waals surface area contributed by atoms with Crippen molar-refractivity contribution in [1.82, 2.24) is 29.6 Å². The summed E-state index contributed by atoms with van der Waals surface area (Å²) in [6.07, 6.45) is 6.36. The number of hydrogen-bond donors (Lipinski definition) is 4. The quantitative estimate of drug-likeness (QED) is 0.260. The summed E-state index contributed by atoms with van der Waals surface area (Å²) < 4.78 is 21.9. The van der Waals surface area contributed by atoms with Crippen LogP contribution in [0.25, 0.3) is 22.4 Å². The summed E-state index contributed by atoms with van der Waals surface area (Å²) in [6, 6.07) is 11.8. The number of benzene rings is 1. The van der Waals surface area contributed by atoms with Gasteiger partial charge in [0, 0.05) is 24.0 Å². The first-order chi connectivity index (χ1) is 14.2. The van der Waals surface area contributed by atoms with Gasteiger partial charge in [0.05, 0.1) is 6.33 Å². The second-order valence-corrected chi connectivity index (χ2v) is 7.08. The Kier molecular flexibility index (Phi) is 5.84. The molecule has 3 heterocycles. The van der Waals surface area contributed by atoms with Crippen LogP contribution >= 0.6 is 0 Å². The molecular formula is C19H19N7O2S. The van der Waals surface area contributed by atoms with Crippen LogP contribution in [0.1, 0.15) is 12.0 Å². The molecule has 4 rings (SSSR count). The van der Waals surface area contributed by atoms with Gasteiger partial charge in [-0.2, -0.15) is 0 Å². The van der Waals surface area contributed by atoms with Crippen molar-refractivity contribution in [2.75, 3.05) is 11.9 Å². The van der Waals surface area contributed by atoms with Crippen LogP contribution in [0.4, 0.5) is 11.5 Å². The Morgan fingerprint density at radius 1 is 1.10 bits per heavy atom. The van der Waals surface area contributed by atoms with Crippen LogP contribution in [0, 0.1) is 0 Å². The molecule has 4 aromatic rings. The molecule has 9 nitrogen and oxygen atoms in total. The van der Waals surface area contributed by atoms with Crippen LogP contribution in [-0.4, -0.2) is 40.2 Å². The molecule has 0 saturated carbocycles. The third-order valence-corrected chi connectivity index (χ3v) is 4.81. The lowest BCUT2D eigenvalue weighted by Gasteiger charge is -2.12. The number of aryl methyl sites for hydroxylation is 1. The summed E-state index contributed by atoms with van der Waals surface area (Å²) in [5.41, 5.74) is 5.01. The number of pyridine rings is 1. The molecule has 1 atom stereocenters. The lowest BCUT2D eigenvalue weighted by Crippen LogP contribution is -2.17. The molecule has 10 heteroatoms. The zero-order valence-corrected chi connectivity index (χ0v) is 16.2. The first-order valence-corrected chi connectivity index (χ1v) is 10.1. The van der Waals surface area contributed by atoms with Gasteiger partial charge >= 0.3 is 0 Å². The number of aromatic nitrogens is 5. The molecule has 0 saturated heterocycles. The van der Waals surface area contributed by atoms with Crippen molar-refractivity contribution in [2.45, 2.75) is 12.8 Å².